The van der Waals surface area contributed by atoms with Crippen molar-refractivity contribution in [3.63, 3.8) is 0 Å². The minimum Gasteiger partial charge on any atom is -0.464 e. The van der Waals surface area contributed by atoms with Crippen LogP contribution in [-0.4, -0.2) is 49.0 Å². The Bertz CT molecular complexity index is 650. The molecule has 2 atom stereocenters. The van der Waals surface area contributed by atoms with Crippen molar-refractivity contribution >= 4 is 23.7 Å². The maximum atomic E-state index is 12.9. The summed E-state index contributed by atoms with van der Waals surface area (Å²) in [5.74, 6) is -0.969. The maximum Gasteiger partial charge on any atom is 0.328 e. The van der Waals surface area contributed by atoms with Crippen molar-refractivity contribution in [2.24, 2.45) is 22.4 Å². The van der Waals surface area contributed by atoms with E-state index in [-0.39, 0.29) is 17.8 Å². The van der Waals surface area contributed by atoms with Gasteiger partial charge in [-0.1, -0.05) is 91.4 Å². The average Bonchev–Trinajstić information content (AvgIpc) is 2.82. The quantitative estimate of drug-likeness (QED) is 0.0675. The third-order valence-electron chi connectivity index (χ3n) is 6.19. The molecule has 2 amide bonds. The molecule has 9 heteroatoms. The van der Waals surface area contributed by atoms with Crippen LogP contribution >= 0.6 is 0 Å². The van der Waals surface area contributed by atoms with Crippen molar-refractivity contribution in [3.05, 3.63) is 0 Å². The van der Waals surface area contributed by atoms with Gasteiger partial charge in [-0.25, -0.2) is 4.79 Å². The summed E-state index contributed by atoms with van der Waals surface area (Å²) in [6, 6.07) is -1.52. The number of nitrogens with two attached hydrogens (primary N) is 2. The lowest BCUT2D eigenvalue weighted by Crippen LogP contribution is -2.52. The molecule has 0 bridgehead atoms. The molecule has 0 aromatic heterocycles. The summed E-state index contributed by atoms with van der Waals surface area (Å²) in [5, 5.41) is 5.45. The summed E-state index contributed by atoms with van der Waals surface area (Å²) in [4.78, 5) is 41.1. The van der Waals surface area contributed by atoms with Crippen molar-refractivity contribution in [1.29, 1.82) is 0 Å². The van der Waals surface area contributed by atoms with Gasteiger partial charge in [-0.15, -0.1) is 0 Å². The minimum atomic E-state index is -0.817. The molecule has 0 aliphatic heterocycles. The number of carbonyl (C=O) groups is 3. The zero-order valence-electron chi connectivity index (χ0n) is 24.0. The van der Waals surface area contributed by atoms with Crippen LogP contribution in [0.2, 0.25) is 0 Å². The van der Waals surface area contributed by atoms with Crippen LogP contribution in [-0.2, 0) is 19.1 Å². The summed E-state index contributed by atoms with van der Waals surface area (Å²) in [5.41, 5.74) is 10.7. The lowest BCUT2D eigenvalue weighted by molar-refractivity contribution is -0.148. The van der Waals surface area contributed by atoms with Crippen LogP contribution in [0.15, 0.2) is 4.99 Å². The summed E-state index contributed by atoms with van der Waals surface area (Å²) in [6.07, 6.45) is 16.1. The van der Waals surface area contributed by atoms with E-state index in [9.17, 15) is 14.4 Å². The van der Waals surface area contributed by atoms with Gasteiger partial charge in [0.2, 0.25) is 11.8 Å². The zero-order chi connectivity index (χ0) is 27.9. The third-order valence-corrected chi connectivity index (χ3v) is 6.19. The van der Waals surface area contributed by atoms with Crippen molar-refractivity contribution in [2.45, 2.75) is 136 Å². The van der Waals surface area contributed by atoms with E-state index in [1.165, 1.54) is 64.7 Å². The van der Waals surface area contributed by atoms with Crippen LogP contribution in [0.5, 0.6) is 0 Å². The number of aliphatic imine (C=N–C) groups is 1. The molecular formula is C28H55N5O4. The topological polar surface area (TPSA) is 149 Å². The molecule has 0 saturated heterocycles. The van der Waals surface area contributed by atoms with Crippen molar-refractivity contribution < 1.29 is 19.1 Å². The molecule has 0 heterocycles. The van der Waals surface area contributed by atoms with Gasteiger partial charge in [0.05, 0.1) is 6.61 Å². The molecule has 0 aromatic carbocycles. The van der Waals surface area contributed by atoms with Crippen LogP contribution in [0.25, 0.3) is 0 Å². The number of guanidine groups is 1. The third kappa shape index (κ3) is 21.5. The molecular weight excluding hydrogens is 470 g/mol. The molecule has 9 nitrogen and oxygen atoms in total. The van der Waals surface area contributed by atoms with Gasteiger partial charge >= 0.3 is 5.97 Å². The number of carbonyl (C=O) groups excluding carboxylic acids is 3. The molecule has 0 aromatic rings. The van der Waals surface area contributed by atoms with Crippen LogP contribution in [0.3, 0.4) is 0 Å². The zero-order valence-corrected chi connectivity index (χ0v) is 24.0. The van der Waals surface area contributed by atoms with Crippen LogP contribution < -0.4 is 22.1 Å². The lowest BCUT2D eigenvalue weighted by Gasteiger charge is -2.23. The first-order valence-electron chi connectivity index (χ1n) is 14.5. The van der Waals surface area contributed by atoms with Crippen LogP contribution in [0.1, 0.15) is 124 Å². The molecule has 0 aliphatic rings. The number of ether oxygens (including phenoxy) is 1. The molecule has 0 aliphatic carbocycles. The highest BCUT2D eigenvalue weighted by Gasteiger charge is 2.27. The van der Waals surface area contributed by atoms with E-state index >= 15 is 0 Å². The van der Waals surface area contributed by atoms with Gasteiger partial charge in [0.15, 0.2) is 5.96 Å². The Hall–Kier alpha value is -2.32. The van der Waals surface area contributed by atoms with Gasteiger partial charge in [-0.3, -0.25) is 14.6 Å². The SMILES string of the molecule is CCCCCCCCCCCCCCOC(=O)[C@H](CCCN=C(N)N)NC(=O)[C@H](CC(C)C)NC(C)=O. The maximum absolute atomic E-state index is 12.9. The van der Waals surface area contributed by atoms with Crippen molar-refractivity contribution in [2.75, 3.05) is 13.2 Å². The molecule has 0 spiro atoms. The van der Waals surface area contributed by atoms with E-state index in [0.29, 0.717) is 32.4 Å². The fraction of sp³-hybridized carbons (Fsp3) is 0.857. The lowest BCUT2D eigenvalue weighted by atomic mass is 10.0. The first-order chi connectivity index (χ1) is 17.7. The Labute approximate surface area is 225 Å². The molecule has 0 unspecified atom stereocenters. The Kier molecular flexibility index (Phi) is 21.4. The van der Waals surface area contributed by atoms with E-state index in [1.807, 2.05) is 13.8 Å². The second-order valence-corrected chi connectivity index (χ2v) is 10.4. The second kappa shape index (κ2) is 22.8. The van der Waals surface area contributed by atoms with Gasteiger partial charge in [0, 0.05) is 13.5 Å². The van der Waals surface area contributed by atoms with Crippen molar-refractivity contribution in [3.8, 4) is 0 Å². The largest absolute Gasteiger partial charge is 0.464 e. The molecule has 0 fully saturated rings. The van der Waals surface area contributed by atoms with Gasteiger partial charge in [0.25, 0.3) is 0 Å². The van der Waals surface area contributed by atoms with Crippen molar-refractivity contribution in [1.82, 2.24) is 10.6 Å². The number of nitrogens with zero attached hydrogens (tertiary/aromatic N) is 1. The highest BCUT2D eigenvalue weighted by molar-refractivity contribution is 5.90. The smallest absolute Gasteiger partial charge is 0.328 e. The number of rotatable bonds is 23. The first kappa shape index (κ1) is 34.7. The van der Waals surface area contributed by atoms with Gasteiger partial charge < -0.3 is 26.8 Å². The van der Waals surface area contributed by atoms with E-state index < -0.39 is 24.0 Å². The summed E-state index contributed by atoms with van der Waals surface area (Å²) >= 11 is 0. The van der Waals surface area contributed by atoms with E-state index in [1.54, 1.807) is 0 Å². The number of nitrogens with one attached hydrogen (secondary N) is 2. The Balaban J connectivity index is 4.46. The Morgan fingerprint density at radius 2 is 1.32 bits per heavy atom. The van der Waals surface area contributed by atoms with Crippen LogP contribution in [0, 0.1) is 5.92 Å². The van der Waals surface area contributed by atoms with Crippen LogP contribution in [0.4, 0.5) is 0 Å². The molecule has 0 rings (SSSR count). The molecule has 37 heavy (non-hydrogen) atoms. The average molecular weight is 526 g/mol. The van der Waals surface area contributed by atoms with Gasteiger partial charge in [0.1, 0.15) is 12.1 Å². The van der Waals surface area contributed by atoms with E-state index in [0.717, 1.165) is 19.3 Å². The minimum absolute atomic E-state index is 0.0159. The predicted molar refractivity (Wildman–Crippen MR) is 151 cm³/mol. The monoisotopic (exact) mass is 525 g/mol. The number of hydrogen-bond donors (Lipinski definition) is 4. The number of amides is 2. The first-order valence-corrected chi connectivity index (χ1v) is 14.5. The van der Waals surface area contributed by atoms with E-state index in [2.05, 4.69) is 22.5 Å². The van der Waals surface area contributed by atoms with Gasteiger partial charge in [-0.05, 0) is 31.6 Å². The molecule has 0 radical (unpaired) electrons. The molecule has 6 N–H and O–H groups in total. The van der Waals surface area contributed by atoms with E-state index in [4.69, 9.17) is 16.2 Å². The standard InChI is InChI=1S/C28H55N5O4/c1-5-6-7-8-9-10-11-12-13-14-15-16-20-37-27(36)24(18-17-19-31-28(29)30)33-26(35)25(21-22(2)3)32-23(4)34/h22,24-25H,5-21H2,1-4H3,(H,32,34)(H,33,35)(H4,29,30,31)/t24-,25-/m0/s1. The second-order valence-electron chi connectivity index (χ2n) is 10.4. The normalized spacial score (nSPS) is 12.6. The highest BCUT2D eigenvalue weighted by Crippen LogP contribution is 2.12. The fourth-order valence-corrected chi connectivity index (χ4v) is 4.19. The molecule has 216 valence electrons. The Morgan fingerprint density at radius 3 is 1.81 bits per heavy atom. The molecule has 0 saturated carbocycles. The summed E-state index contributed by atoms with van der Waals surface area (Å²) in [7, 11) is 0. The number of hydrogen-bond acceptors (Lipinski definition) is 5. The fourth-order valence-electron chi connectivity index (χ4n) is 4.19. The Morgan fingerprint density at radius 1 is 0.784 bits per heavy atom. The summed E-state index contributed by atoms with van der Waals surface area (Å²) < 4.78 is 5.49. The number of unbranched alkanes of at least 4 members (excludes halogenated alkanes) is 11. The summed E-state index contributed by atoms with van der Waals surface area (Å²) in [6.45, 7) is 8.24. The highest BCUT2D eigenvalue weighted by atomic mass is 16.5. The number of esters is 1. The van der Waals surface area contributed by atoms with Gasteiger partial charge in [-0.2, -0.15) is 0 Å². The predicted octanol–water partition coefficient (Wildman–Crippen LogP) is 4.32.